The van der Waals surface area contributed by atoms with Crippen molar-refractivity contribution >= 4 is 39.3 Å². The fraction of sp³-hybridized carbons (Fsp3) is 0.375. The number of anilines is 1. The lowest BCUT2D eigenvalue weighted by Gasteiger charge is -2.07. The largest absolute Gasteiger partial charge is 0.360 e. The molecule has 1 aromatic heterocycles. The molecule has 0 atom stereocenters. The lowest BCUT2D eigenvalue weighted by molar-refractivity contribution is -0.119. The van der Waals surface area contributed by atoms with Gasteiger partial charge in [-0.25, -0.2) is 9.97 Å². The summed E-state index contributed by atoms with van der Waals surface area (Å²) in [6.45, 7) is 2.61. The number of halogens is 2. The molecule has 0 saturated carbocycles. The molecule has 0 spiro atoms. The van der Waals surface area contributed by atoms with Gasteiger partial charge < -0.3 is 10.6 Å². The molecule has 2 N–H and O–H groups in total. The van der Waals surface area contributed by atoms with E-state index in [1.54, 1.807) is 0 Å². The van der Waals surface area contributed by atoms with Crippen LogP contribution in [-0.4, -0.2) is 29.0 Å². The summed E-state index contributed by atoms with van der Waals surface area (Å²) in [6.07, 6.45) is 1.33. The van der Waals surface area contributed by atoms with Gasteiger partial charge >= 0.3 is 0 Å². The van der Waals surface area contributed by atoms with Gasteiger partial charge in [-0.1, -0.05) is 11.6 Å². The molecule has 82 valence electrons. The summed E-state index contributed by atoms with van der Waals surface area (Å²) in [7, 11) is 0. The Balaban J connectivity index is 2.58. The highest BCUT2D eigenvalue weighted by Gasteiger charge is 2.07. The Kier molecular flexibility index (Phi) is 4.77. The van der Waals surface area contributed by atoms with E-state index in [2.05, 4.69) is 36.5 Å². The van der Waals surface area contributed by atoms with E-state index in [0.29, 0.717) is 22.0 Å². The van der Waals surface area contributed by atoms with Crippen LogP contribution in [0, 0.1) is 0 Å². The van der Waals surface area contributed by atoms with E-state index in [4.69, 9.17) is 11.6 Å². The Morgan fingerprint density at radius 1 is 1.60 bits per heavy atom. The second kappa shape index (κ2) is 5.87. The number of hydrogen-bond donors (Lipinski definition) is 2. The molecule has 0 radical (unpaired) electrons. The summed E-state index contributed by atoms with van der Waals surface area (Å²) in [5, 5.41) is 5.81. The summed E-state index contributed by atoms with van der Waals surface area (Å²) >= 11 is 8.97. The number of aromatic nitrogens is 2. The van der Waals surface area contributed by atoms with Gasteiger partial charge in [0.2, 0.25) is 5.91 Å². The third kappa shape index (κ3) is 3.64. The molecule has 0 aliphatic heterocycles. The standard InChI is InChI=1S/C8H10BrClN4O/c1-2-11-5(15)3-12-8-6(9)7(10)13-4-14-8/h4H,2-3H2,1H3,(H,11,15)(H,12,13,14). The van der Waals surface area contributed by atoms with Gasteiger partial charge in [0.15, 0.2) is 0 Å². The molecule has 0 aliphatic carbocycles. The molecular weight excluding hydrogens is 283 g/mol. The maximum atomic E-state index is 11.1. The van der Waals surface area contributed by atoms with Crippen LogP contribution < -0.4 is 10.6 Å². The molecule has 0 aromatic carbocycles. The summed E-state index contributed by atoms with van der Waals surface area (Å²) in [6, 6.07) is 0. The van der Waals surface area contributed by atoms with Crippen molar-refractivity contribution in [2.75, 3.05) is 18.4 Å². The molecule has 0 unspecified atom stereocenters. The molecule has 0 aliphatic rings. The molecule has 0 saturated heterocycles. The number of rotatable bonds is 4. The highest BCUT2D eigenvalue weighted by molar-refractivity contribution is 9.10. The van der Waals surface area contributed by atoms with Crippen LogP contribution in [0.15, 0.2) is 10.8 Å². The van der Waals surface area contributed by atoms with Gasteiger partial charge in [0.05, 0.1) is 11.0 Å². The molecule has 1 aromatic rings. The predicted octanol–water partition coefficient (Wildman–Crippen LogP) is 1.44. The highest BCUT2D eigenvalue weighted by Crippen LogP contribution is 2.25. The Hall–Kier alpha value is -0.880. The minimum atomic E-state index is -0.0980. The lowest BCUT2D eigenvalue weighted by Crippen LogP contribution is -2.29. The van der Waals surface area contributed by atoms with E-state index >= 15 is 0 Å². The van der Waals surface area contributed by atoms with Crippen LogP contribution in [0.4, 0.5) is 5.82 Å². The topological polar surface area (TPSA) is 66.9 Å². The van der Waals surface area contributed by atoms with Crippen molar-refractivity contribution in [3.63, 3.8) is 0 Å². The van der Waals surface area contributed by atoms with Crippen LogP contribution in [0.1, 0.15) is 6.92 Å². The number of amides is 1. The predicted molar refractivity (Wildman–Crippen MR) is 61.9 cm³/mol. The van der Waals surface area contributed by atoms with Crippen molar-refractivity contribution in [1.82, 2.24) is 15.3 Å². The zero-order valence-corrected chi connectivity index (χ0v) is 10.4. The Labute approximate surface area is 101 Å². The highest BCUT2D eigenvalue weighted by atomic mass is 79.9. The Morgan fingerprint density at radius 2 is 2.33 bits per heavy atom. The average molecular weight is 294 g/mol. The molecule has 5 nitrogen and oxygen atoms in total. The first-order valence-corrected chi connectivity index (χ1v) is 5.48. The minimum Gasteiger partial charge on any atom is -0.360 e. The maximum absolute atomic E-state index is 11.1. The van der Waals surface area contributed by atoms with Crippen LogP contribution in [0.25, 0.3) is 0 Å². The van der Waals surface area contributed by atoms with Crippen LogP contribution >= 0.6 is 27.5 Å². The van der Waals surface area contributed by atoms with Gasteiger partial charge in [-0.3, -0.25) is 4.79 Å². The minimum absolute atomic E-state index is 0.0980. The molecule has 1 heterocycles. The van der Waals surface area contributed by atoms with Gasteiger partial charge in [0.1, 0.15) is 17.3 Å². The van der Waals surface area contributed by atoms with Crippen molar-refractivity contribution in [3.05, 3.63) is 16.0 Å². The fourth-order valence-corrected chi connectivity index (χ4v) is 1.37. The number of nitrogens with zero attached hydrogens (tertiary/aromatic N) is 2. The third-order valence-corrected chi connectivity index (χ3v) is 2.80. The van der Waals surface area contributed by atoms with Crippen LogP contribution in [0.2, 0.25) is 5.15 Å². The van der Waals surface area contributed by atoms with Crippen molar-refractivity contribution < 1.29 is 4.79 Å². The van der Waals surface area contributed by atoms with E-state index in [1.807, 2.05) is 6.92 Å². The first kappa shape index (κ1) is 12.2. The maximum Gasteiger partial charge on any atom is 0.239 e. The molecule has 0 fully saturated rings. The van der Waals surface area contributed by atoms with Crippen molar-refractivity contribution in [3.8, 4) is 0 Å². The lowest BCUT2D eigenvalue weighted by atomic mass is 10.5. The molecule has 1 amide bonds. The number of nitrogens with one attached hydrogen (secondary N) is 2. The normalized spacial score (nSPS) is 9.80. The number of carbonyl (C=O) groups is 1. The first-order valence-electron chi connectivity index (χ1n) is 4.31. The van der Waals surface area contributed by atoms with Gasteiger partial charge in [0, 0.05) is 6.54 Å². The molecule has 1 rings (SSSR count). The summed E-state index contributed by atoms with van der Waals surface area (Å²) < 4.78 is 0.552. The van der Waals surface area contributed by atoms with E-state index in [0.717, 1.165) is 0 Å². The number of hydrogen-bond acceptors (Lipinski definition) is 4. The first-order chi connectivity index (χ1) is 7.15. The van der Waals surface area contributed by atoms with Crippen LogP contribution in [-0.2, 0) is 4.79 Å². The van der Waals surface area contributed by atoms with Crippen molar-refractivity contribution in [2.45, 2.75) is 6.92 Å². The summed E-state index contributed by atoms with van der Waals surface area (Å²) in [5.41, 5.74) is 0. The average Bonchev–Trinajstić information content (AvgIpc) is 2.21. The van der Waals surface area contributed by atoms with E-state index in [9.17, 15) is 4.79 Å². The number of likely N-dealkylation sites (N-methyl/N-ethyl adjacent to an activating group) is 1. The SMILES string of the molecule is CCNC(=O)CNc1ncnc(Cl)c1Br. The van der Waals surface area contributed by atoms with E-state index in [1.165, 1.54) is 6.33 Å². The molecular formula is C8H10BrClN4O. The van der Waals surface area contributed by atoms with E-state index in [-0.39, 0.29) is 12.5 Å². The quantitative estimate of drug-likeness (QED) is 0.825. The van der Waals surface area contributed by atoms with Crippen molar-refractivity contribution in [1.29, 1.82) is 0 Å². The Morgan fingerprint density at radius 3 is 3.00 bits per heavy atom. The molecule has 0 bridgehead atoms. The smallest absolute Gasteiger partial charge is 0.239 e. The zero-order chi connectivity index (χ0) is 11.3. The van der Waals surface area contributed by atoms with Crippen LogP contribution in [0.3, 0.4) is 0 Å². The molecule has 7 heteroatoms. The van der Waals surface area contributed by atoms with Gasteiger partial charge in [-0.05, 0) is 22.9 Å². The monoisotopic (exact) mass is 292 g/mol. The van der Waals surface area contributed by atoms with Crippen LogP contribution in [0.5, 0.6) is 0 Å². The van der Waals surface area contributed by atoms with Gasteiger partial charge in [0.25, 0.3) is 0 Å². The second-order valence-corrected chi connectivity index (χ2v) is 3.79. The van der Waals surface area contributed by atoms with Gasteiger partial charge in [-0.2, -0.15) is 0 Å². The third-order valence-electron chi connectivity index (χ3n) is 1.54. The fourth-order valence-electron chi connectivity index (χ4n) is 0.895. The summed E-state index contributed by atoms with van der Waals surface area (Å²) in [5.74, 6) is 0.403. The van der Waals surface area contributed by atoms with Gasteiger partial charge in [-0.15, -0.1) is 0 Å². The zero-order valence-electron chi connectivity index (χ0n) is 8.05. The Bertz CT molecular complexity index is 360. The summed E-state index contributed by atoms with van der Waals surface area (Å²) in [4.78, 5) is 18.9. The van der Waals surface area contributed by atoms with E-state index < -0.39 is 0 Å². The molecule has 15 heavy (non-hydrogen) atoms. The number of carbonyl (C=O) groups excluding carboxylic acids is 1. The van der Waals surface area contributed by atoms with Crippen molar-refractivity contribution in [2.24, 2.45) is 0 Å². The second-order valence-electron chi connectivity index (χ2n) is 2.63.